The molecule has 34 heavy (non-hydrogen) atoms. The maximum Gasteiger partial charge on any atom is 0.254 e. The Hall–Kier alpha value is -4.17. The number of aromatic hydroxyl groups is 1. The Morgan fingerprint density at radius 3 is 2.47 bits per heavy atom. The molecule has 2 amide bonds. The third-order valence-electron chi connectivity index (χ3n) is 6.14. The molecule has 8 nitrogen and oxygen atoms in total. The summed E-state index contributed by atoms with van der Waals surface area (Å²) in [5, 5.41) is 10.7. The molecule has 0 saturated carbocycles. The number of fused-ring (bicyclic) bond motifs is 2. The Morgan fingerprint density at radius 2 is 1.71 bits per heavy atom. The summed E-state index contributed by atoms with van der Waals surface area (Å²) in [6.07, 6.45) is 0. The third-order valence-corrected chi connectivity index (χ3v) is 6.14. The number of carbonyl (C=O) groups excluding carboxylic acids is 2. The quantitative estimate of drug-likeness (QED) is 0.455. The van der Waals surface area contributed by atoms with Gasteiger partial charge in [-0.25, -0.2) is 0 Å². The van der Waals surface area contributed by atoms with Crippen LogP contribution in [0, 0.1) is 0 Å². The molecule has 2 aromatic rings. The summed E-state index contributed by atoms with van der Waals surface area (Å²) in [5.41, 5.74) is 8.21. The van der Waals surface area contributed by atoms with Crippen molar-refractivity contribution >= 4 is 22.8 Å². The van der Waals surface area contributed by atoms with E-state index >= 15 is 0 Å². The largest absolute Gasteiger partial charge is 0.508 e. The van der Waals surface area contributed by atoms with Crippen molar-refractivity contribution in [2.75, 3.05) is 32.7 Å². The van der Waals surface area contributed by atoms with E-state index in [1.54, 1.807) is 29.2 Å². The fraction of sp³-hybridized carbons (Fsp3) is 0.192. The van der Waals surface area contributed by atoms with Crippen LogP contribution in [0.15, 0.2) is 69.9 Å². The number of carbonyl (C=O) groups is 2. The van der Waals surface area contributed by atoms with Gasteiger partial charge in [0.2, 0.25) is 5.91 Å². The number of rotatable bonds is 4. The molecule has 0 unspecified atom stereocenters. The van der Waals surface area contributed by atoms with Crippen LogP contribution in [0.25, 0.3) is 33.4 Å². The first-order chi connectivity index (χ1) is 16.4. The molecule has 5 rings (SSSR count). The van der Waals surface area contributed by atoms with Crippen molar-refractivity contribution in [2.45, 2.75) is 0 Å². The molecule has 8 heteroatoms. The maximum absolute atomic E-state index is 13.6. The third kappa shape index (κ3) is 3.99. The fourth-order valence-corrected chi connectivity index (χ4v) is 4.54. The highest BCUT2D eigenvalue weighted by molar-refractivity contribution is 6.09. The summed E-state index contributed by atoms with van der Waals surface area (Å²) in [7, 11) is 0. The van der Waals surface area contributed by atoms with Gasteiger partial charge in [0.25, 0.3) is 5.91 Å². The monoisotopic (exact) mass is 457 g/mol. The highest BCUT2D eigenvalue weighted by Gasteiger charge is 2.27. The Balaban J connectivity index is 1.61. The molecule has 1 fully saturated rings. The molecule has 1 saturated heterocycles. The molecule has 0 radical (unpaired) electrons. The normalized spacial score (nSPS) is 14.5. The average molecular weight is 457 g/mol. The van der Waals surface area contributed by atoms with Crippen LogP contribution in [-0.4, -0.2) is 59.4 Å². The number of nitrogens with two attached hydrogens (primary N) is 1. The van der Waals surface area contributed by atoms with Crippen LogP contribution in [-0.2, 0) is 4.79 Å². The molecule has 1 aliphatic carbocycles. The number of primary amides is 1. The second kappa shape index (κ2) is 8.64. The van der Waals surface area contributed by atoms with Gasteiger partial charge in [-0.05, 0) is 35.9 Å². The zero-order valence-corrected chi connectivity index (χ0v) is 18.4. The summed E-state index contributed by atoms with van der Waals surface area (Å²) < 4.78 is 5.93. The fourth-order valence-electron chi connectivity index (χ4n) is 4.54. The van der Waals surface area contributed by atoms with E-state index in [4.69, 9.17) is 10.2 Å². The molecule has 0 atom stereocenters. The van der Waals surface area contributed by atoms with Gasteiger partial charge in [-0.3, -0.25) is 19.3 Å². The highest BCUT2D eigenvalue weighted by atomic mass is 16.3. The lowest BCUT2D eigenvalue weighted by Crippen LogP contribution is -2.50. The van der Waals surface area contributed by atoms with Crippen molar-refractivity contribution in [3.63, 3.8) is 0 Å². The first kappa shape index (κ1) is 21.7. The number of benzene rings is 3. The van der Waals surface area contributed by atoms with Crippen LogP contribution in [0.5, 0.6) is 5.75 Å². The lowest BCUT2D eigenvalue weighted by Gasteiger charge is -2.34. The minimum absolute atomic E-state index is 0.0398. The molecular formula is C26H23N3O5. The molecule has 0 aromatic heterocycles. The Labute approximate surface area is 195 Å². The number of phenolic OH excluding ortho intramolecular Hbond substituents is 1. The van der Waals surface area contributed by atoms with Gasteiger partial charge in [-0.2, -0.15) is 0 Å². The van der Waals surface area contributed by atoms with E-state index in [2.05, 4.69) is 0 Å². The summed E-state index contributed by atoms with van der Waals surface area (Å²) in [5.74, 6) is -0.0813. The van der Waals surface area contributed by atoms with E-state index in [-0.39, 0.29) is 29.5 Å². The second-order valence-electron chi connectivity index (χ2n) is 8.40. The van der Waals surface area contributed by atoms with E-state index < -0.39 is 0 Å². The van der Waals surface area contributed by atoms with Crippen LogP contribution in [0.4, 0.5) is 0 Å². The molecule has 0 spiro atoms. The summed E-state index contributed by atoms with van der Waals surface area (Å²) in [6, 6.07) is 16.7. The first-order valence-electron chi connectivity index (χ1n) is 11.0. The lowest BCUT2D eigenvalue weighted by atomic mass is 9.90. The van der Waals surface area contributed by atoms with Crippen molar-refractivity contribution < 1.29 is 19.1 Å². The number of amides is 2. The smallest absolute Gasteiger partial charge is 0.254 e. The predicted octanol–water partition coefficient (Wildman–Crippen LogP) is 2.51. The summed E-state index contributed by atoms with van der Waals surface area (Å²) >= 11 is 0. The SMILES string of the molecule is NC(=O)CN1CCN(C(=O)c2ccccc2-c2c3ccc(=O)cc-3oc3cc(O)ccc23)CC1. The van der Waals surface area contributed by atoms with Gasteiger partial charge in [0, 0.05) is 60.4 Å². The van der Waals surface area contributed by atoms with Gasteiger partial charge in [-0.1, -0.05) is 18.2 Å². The standard InChI is InChI=1S/C26H23N3O5/c27-24(32)15-28-9-11-29(12-10-28)26(33)19-4-2-1-3-18(19)25-20-7-5-16(30)13-22(20)34-23-14-17(31)6-8-21(23)25/h1-8,13-14,30H,9-12,15H2,(H2,27,32). The van der Waals surface area contributed by atoms with Crippen LogP contribution in [0.3, 0.4) is 0 Å². The molecule has 3 N–H and O–H groups in total. The highest BCUT2D eigenvalue weighted by Crippen LogP contribution is 2.42. The number of hydrogen-bond acceptors (Lipinski definition) is 6. The van der Waals surface area contributed by atoms with Crippen molar-refractivity contribution in [3.8, 4) is 28.2 Å². The van der Waals surface area contributed by atoms with Crippen molar-refractivity contribution in [1.29, 1.82) is 0 Å². The topological polar surface area (TPSA) is 117 Å². The summed E-state index contributed by atoms with van der Waals surface area (Å²) in [6.45, 7) is 2.29. The molecule has 172 valence electrons. The molecular weight excluding hydrogens is 434 g/mol. The van der Waals surface area contributed by atoms with Crippen LogP contribution in [0.1, 0.15) is 10.4 Å². The summed E-state index contributed by atoms with van der Waals surface area (Å²) in [4.78, 5) is 40.5. The molecule has 2 heterocycles. The molecule has 2 aromatic carbocycles. The van der Waals surface area contributed by atoms with E-state index in [1.165, 1.54) is 18.2 Å². The molecule has 0 bridgehead atoms. The van der Waals surface area contributed by atoms with Gasteiger partial charge in [0.1, 0.15) is 17.1 Å². The predicted molar refractivity (Wildman–Crippen MR) is 128 cm³/mol. The number of hydrogen-bond donors (Lipinski definition) is 2. The van der Waals surface area contributed by atoms with Crippen molar-refractivity contribution in [3.05, 3.63) is 76.5 Å². The zero-order chi connectivity index (χ0) is 23.8. The average Bonchev–Trinajstić information content (AvgIpc) is 2.82. The van der Waals surface area contributed by atoms with Crippen LogP contribution in [0.2, 0.25) is 0 Å². The molecule has 3 aliphatic rings. The Bertz CT molecular complexity index is 1440. The number of piperazine rings is 1. The van der Waals surface area contributed by atoms with Gasteiger partial charge < -0.3 is 20.2 Å². The van der Waals surface area contributed by atoms with E-state index in [0.29, 0.717) is 54.2 Å². The van der Waals surface area contributed by atoms with Gasteiger partial charge in [0.15, 0.2) is 5.43 Å². The first-order valence-corrected chi connectivity index (χ1v) is 11.0. The van der Waals surface area contributed by atoms with Crippen molar-refractivity contribution in [2.24, 2.45) is 5.73 Å². The van der Waals surface area contributed by atoms with Crippen molar-refractivity contribution in [1.82, 2.24) is 9.80 Å². The minimum atomic E-state index is -0.384. The zero-order valence-electron chi connectivity index (χ0n) is 18.4. The van der Waals surface area contributed by atoms with Gasteiger partial charge >= 0.3 is 0 Å². The van der Waals surface area contributed by atoms with Gasteiger partial charge in [0.05, 0.1) is 6.54 Å². The van der Waals surface area contributed by atoms with E-state index in [1.807, 2.05) is 23.1 Å². The Morgan fingerprint density at radius 1 is 0.941 bits per heavy atom. The van der Waals surface area contributed by atoms with E-state index in [0.717, 1.165) is 10.9 Å². The van der Waals surface area contributed by atoms with Crippen LogP contribution >= 0.6 is 0 Å². The van der Waals surface area contributed by atoms with Crippen LogP contribution < -0.4 is 11.2 Å². The number of phenols is 1. The minimum Gasteiger partial charge on any atom is -0.508 e. The molecule has 2 aliphatic heterocycles. The lowest BCUT2D eigenvalue weighted by molar-refractivity contribution is -0.119. The van der Waals surface area contributed by atoms with E-state index in [9.17, 15) is 19.5 Å². The maximum atomic E-state index is 13.6. The Kier molecular flexibility index (Phi) is 5.51. The van der Waals surface area contributed by atoms with Gasteiger partial charge in [-0.15, -0.1) is 0 Å². The second-order valence-corrected chi connectivity index (χ2v) is 8.40. The number of nitrogens with zero attached hydrogens (tertiary/aromatic N) is 2.